The second kappa shape index (κ2) is 6.66. The average molecular weight is 333 g/mol. The van der Waals surface area contributed by atoms with Gasteiger partial charge in [0.15, 0.2) is 0 Å². The van der Waals surface area contributed by atoms with Crippen molar-refractivity contribution < 1.29 is 4.39 Å². The van der Waals surface area contributed by atoms with E-state index in [4.69, 9.17) is 11.6 Å². The van der Waals surface area contributed by atoms with Crippen molar-refractivity contribution in [2.45, 2.75) is 13.1 Å². The minimum atomic E-state index is -0.379. The van der Waals surface area contributed by atoms with E-state index in [0.717, 1.165) is 5.69 Å². The van der Waals surface area contributed by atoms with Crippen LogP contribution in [0, 0.1) is 5.82 Å². The summed E-state index contributed by atoms with van der Waals surface area (Å²) in [6.07, 6.45) is 0. The zero-order valence-corrected chi connectivity index (χ0v) is 12.8. The van der Waals surface area contributed by atoms with E-state index in [0.29, 0.717) is 23.0 Å². The largest absolute Gasteiger partial charge is 0.378 e. The van der Waals surface area contributed by atoms with E-state index >= 15 is 0 Å². The lowest BCUT2D eigenvalue weighted by Gasteiger charge is -2.04. The van der Waals surface area contributed by atoms with Gasteiger partial charge >= 0.3 is 5.69 Å². The molecule has 1 heterocycles. The van der Waals surface area contributed by atoms with E-state index < -0.39 is 0 Å². The lowest BCUT2D eigenvalue weighted by atomic mass is 10.2. The third kappa shape index (κ3) is 3.78. The monoisotopic (exact) mass is 332 g/mol. The van der Waals surface area contributed by atoms with Gasteiger partial charge in [0.1, 0.15) is 11.6 Å². The summed E-state index contributed by atoms with van der Waals surface area (Å²) < 4.78 is 14.8. The molecule has 0 bridgehead atoms. The molecular formula is C16H14ClFN4O. The van der Waals surface area contributed by atoms with Gasteiger partial charge in [0.2, 0.25) is 0 Å². The highest BCUT2D eigenvalue weighted by atomic mass is 35.5. The summed E-state index contributed by atoms with van der Waals surface area (Å²) in [6.45, 7) is 0.416. The van der Waals surface area contributed by atoms with Gasteiger partial charge in [0.05, 0.1) is 13.1 Å². The van der Waals surface area contributed by atoms with Crippen LogP contribution in [0.1, 0.15) is 11.4 Å². The van der Waals surface area contributed by atoms with Crippen molar-refractivity contribution in [1.82, 2.24) is 14.8 Å². The molecule has 23 heavy (non-hydrogen) atoms. The molecule has 118 valence electrons. The van der Waals surface area contributed by atoms with Gasteiger partial charge in [-0.2, -0.15) is 5.10 Å². The minimum absolute atomic E-state index is 0.0825. The quantitative estimate of drug-likeness (QED) is 0.755. The Labute approximate surface area is 136 Å². The third-order valence-electron chi connectivity index (χ3n) is 3.29. The molecule has 0 atom stereocenters. The Bertz CT molecular complexity index is 874. The lowest BCUT2D eigenvalue weighted by Crippen LogP contribution is -2.19. The molecule has 0 saturated heterocycles. The van der Waals surface area contributed by atoms with Gasteiger partial charge in [0.25, 0.3) is 0 Å². The highest BCUT2D eigenvalue weighted by Crippen LogP contribution is 2.15. The Kier molecular flexibility index (Phi) is 4.43. The third-order valence-corrected chi connectivity index (χ3v) is 3.52. The molecule has 3 aromatic rings. The topological polar surface area (TPSA) is 62.7 Å². The predicted octanol–water partition coefficient (Wildman–Crippen LogP) is 3.02. The molecule has 0 unspecified atom stereocenters. The highest BCUT2D eigenvalue weighted by molar-refractivity contribution is 6.30. The van der Waals surface area contributed by atoms with Crippen molar-refractivity contribution in [3.8, 4) is 0 Å². The summed E-state index contributed by atoms with van der Waals surface area (Å²) in [5.74, 6) is 0.104. The van der Waals surface area contributed by atoms with Crippen LogP contribution >= 0.6 is 11.6 Å². The summed E-state index contributed by atoms with van der Waals surface area (Å²) in [7, 11) is 0. The van der Waals surface area contributed by atoms with Crippen molar-refractivity contribution in [2.24, 2.45) is 0 Å². The van der Waals surface area contributed by atoms with Crippen molar-refractivity contribution in [3.05, 3.63) is 81.2 Å². The molecule has 3 rings (SSSR count). The standard InChI is InChI=1S/C16H14ClFN4O/c17-12-5-3-6-13(8-12)19-9-15-20-16(23)22(21-15)10-11-4-1-2-7-14(11)18/h1-8,19H,9-10H2,(H,20,21,23). The molecule has 0 aliphatic rings. The minimum Gasteiger partial charge on any atom is -0.378 e. The van der Waals surface area contributed by atoms with Crippen LogP contribution in [0.3, 0.4) is 0 Å². The SMILES string of the molecule is O=c1[nH]c(CNc2cccc(Cl)c2)nn1Cc1ccccc1F. The molecule has 7 heteroatoms. The van der Waals surface area contributed by atoms with Gasteiger partial charge in [0, 0.05) is 16.3 Å². The Balaban J connectivity index is 1.71. The molecule has 5 nitrogen and oxygen atoms in total. The molecule has 1 aromatic heterocycles. The van der Waals surface area contributed by atoms with Crippen LogP contribution < -0.4 is 11.0 Å². The molecule has 0 radical (unpaired) electrons. The van der Waals surface area contributed by atoms with E-state index in [-0.39, 0.29) is 18.1 Å². The van der Waals surface area contributed by atoms with Crippen LogP contribution in [0.15, 0.2) is 53.3 Å². The summed E-state index contributed by atoms with van der Waals surface area (Å²) >= 11 is 5.91. The van der Waals surface area contributed by atoms with E-state index in [1.807, 2.05) is 12.1 Å². The average Bonchev–Trinajstić information content (AvgIpc) is 2.88. The number of rotatable bonds is 5. The molecule has 0 aliphatic heterocycles. The summed E-state index contributed by atoms with van der Waals surface area (Å²) in [5, 5.41) is 7.90. The normalized spacial score (nSPS) is 10.7. The van der Waals surface area contributed by atoms with Gasteiger partial charge in [-0.25, -0.2) is 13.9 Å². The van der Waals surface area contributed by atoms with Crippen molar-refractivity contribution >= 4 is 17.3 Å². The van der Waals surface area contributed by atoms with E-state index in [1.165, 1.54) is 10.7 Å². The predicted molar refractivity (Wildman–Crippen MR) is 87.1 cm³/mol. The first-order valence-electron chi connectivity index (χ1n) is 7.00. The second-order valence-corrected chi connectivity index (χ2v) is 5.43. The molecule has 2 N–H and O–H groups in total. The number of aromatic nitrogens is 3. The van der Waals surface area contributed by atoms with Gasteiger partial charge in [-0.15, -0.1) is 0 Å². The van der Waals surface area contributed by atoms with Crippen LogP contribution in [-0.2, 0) is 13.1 Å². The smallest absolute Gasteiger partial charge is 0.343 e. The van der Waals surface area contributed by atoms with Gasteiger partial charge < -0.3 is 5.32 Å². The summed E-state index contributed by atoms with van der Waals surface area (Å²) in [4.78, 5) is 14.5. The number of benzene rings is 2. The van der Waals surface area contributed by atoms with Crippen molar-refractivity contribution in [1.29, 1.82) is 0 Å². The molecule has 0 aliphatic carbocycles. The number of halogens is 2. The van der Waals surface area contributed by atoms with Crippen LogP contribution in [-0.4, -0.2) is 14.8 Å². The fraction of sp³-hybridized carbons (Fsp3) is 0.125. The van der Waals surface area contributed by atoms with E-state index in [1.54, 1.807) is 30.3 Å². The van der Waals surface area contributed by atoms with Gasteiger partial charge in [-0.1, -0.05) is 35.9 Å². The molecule has 0 fully saturated rings. The van der Waals surface area contributed by atoms with Crippen molar-refractivity contribution in [3.63, 3.8) is 0 Å². The molecule has 0 amide bonds. The Morgan fingerprint density at radius 1 is 1.22 bits per heavy atom. The molecule has 0 spiro atoms. The molecular weight excluding hydrogens is 319 g/mol. The fourth-order valence-corrected chi connectivity index (χ4v) is 2.35. The number of aromatic amines is 1. The zero-order chi connectivity index (χ0) is 16.2. The van der Waals surface area contributed by atoms with Crippen molar-refractivity contribution in [2.75, 3.05) is 5.32 Å². The first kappa shape index (κ1) is 15.3. The lowest BCUT2D eigenvalue weighted by molar-refractivity contribution is 0.576. The molecule has 0 saturated carbocycles. The maximum Gasteiger partial charge on any atom is 0.343 e. The first-order chi connectivity index (χ1) is 11.1. The van der Waals surface area contributed by atoms with Crippen LogP contribution in [0.4, 0.5) is 10.1 Å². The van der Waals surface area contributed by atoms with E-state index in [9.17, 15) is 9.18 Å². The fourth-order valence-electron chi connectivity index (χ4n) is 2.16. The number of nitrogens with zero attached hydrogens (tertiary/aromatic N) is 2. The number of H-pyrrole nitrogens is 1. The van der Waals surface area contributed by atoms with Crippen LogP contribution in [0.5, 0.6) is 0 Å². The van der Waals surface area contributed by atoms with Crippen LogP contribution in [0.25, 0.3) is 0 Å². The molecule has 2 aromatic carbocycles. The Morgan fingerprint density at radius 3 is 2.83 bits per heavy atom. The number of hydrogen-bond acceptors (Lipinski definition) is 3. The van der Waals surface area contributed by atoms with Gasteiger partial charge in [-0.05, 0) is 24.3 Å². The van der Waals surface area contributed by atoms with Crippen LogP contribution in [0.2, 0.25) is 5.02 Å². The van der Waals surface area contributed by atoms with Gasteiger partial charge in [-0.3, -0.25) is 4.98 Å². The maximum absolute atomic E-state index is 13.6. The number of anilines is 1. The maximum atomic E-state index is 13.6. The highest BCUT2D eigenvalue weighted by Gasteiger charge is 2.08. The first-order valence-corrected chi connectivity index (χ1v) is 7.38. The second-order valence-electron chi connectivity index (χ2n) is 4.99. The number of nitrogens with one attached hydrogen (secondary N) is 2. The Morgan fingerprint density at radius 2 is 2.04 bits per heavy atom. The van der Waals surface area contributed by atoms with E-state index in [2.05, 4.69) is 15.4 Å². The summed E-state index contributed by atoms with van der Waals surface area (Å²) in [5.41, 5.74) is 0.855. The zero-order valence-electron chi connectivity index (χ0n) is 12.1. The Hall–Kier alpha value is -2.60. The summed E-state index contributed by atoms with van der Waals surface area (Å²) in [6, 6.07) is 13.5. The number of hydrogen-bond donors (Lipinski definition) is 2.